The van der Waals surface area contributed by atoms with Gasteiger partial charge in [-0.3, -0.25) is 38.4 Å². The Morgan fingerprint density at radius 1 is 0.474 bits per heavy atom. The average molecular weight is 1090 g/mol. The van der Waals surface area contributed by atoms with E-state index in [0.717, 1.165) is 0 Å². The number of carbonyl (C=O) groups is 8. The van der Waals surface area contributed by atoms with Gasteiger partial charge in [-0.15, -0.1) is 0 Å². The van der Waals surface area contributed by atoms with Gasteiger partial charge in [-0.05, 0) is 110 Å². The first-order valence-corrected chi connectivity index (χ1v) is 26.2. The van der Waals surface area contributed by atoms with Gasteiger partial charge in [0.1, 0.15) is 22.8 Å². The lowest BCUT2D eigenvalue weighted by atomic mass is 9.79. The molecule has 78 heavy (non-hydrogen) atoms. The number of aliphatic carboxylic acids is 1. The molecule has 0 radical (unpaired) electrons. The second kappa shape index (κ2) is 35.9. The van der Waals surface area contributed by atoms with Gasteiger partial charge in [-0.2, -0.15) is 0 Å². The lowest BCUT2D eigenvalue weighted by molar-refractivity contribution is -0.138. The third-order valence-electron chi connectivity index (χ3n) is 12.2. The molecule has 430 valence electrons. The summed E-state index contributed by atoms with van der Waals surface area (Å²) in [5.41, 5.74) is -0.493. The Bertz CT molecular complexity index is 2120. The normalized spacial score (nSPS) is 11.6. The van der Waals surface area contributed by atoms with Crippen LogP contribution >= 0.6 is 0 Å². The summed E-state index contributed by atoms with van der Waals surface area (Å²) < 4.78 is 33.6. The van der Waals surface area contributed by atoms with Gasteiger partial charge in [0, 0.05) is 87.6 Å². The molecule has 0 bridgehead atoms. The molecule has 1 unspecified atom stereocenters. The first-order valence-electron chi connectivity index (χ1n) is 26.2. The van der Waals surface area contributed by atoms with Crippen LogP contribution in [-0.4, -0.2) is 158 Å². The molecule has 8 N–H and O–H groups in total. The van der Waals surface area contributed by atoms with Crippen molar-refractivity contribution in [2.45, 2.75) is 84.1 Å². The fraction of sp³-hybridized carbons (Fsp3) is 0.536. The van der Waals surface area contributed by atoms with Crippen molar-refractivity contribution < 1.29 is 71.9 Å². The number of methoxy groups -OCH3 is 3. The number of carboxylic acids is 1. The molecule has 0 aliphatic carbocycles. The maximum Gasteiger partial charge on any atom is 0.303 e. The van der Waals surface area contributed by atoms with Crippen LogP contribution in [0, 0.1) is 11.3 Å². The summed E-state index contributed by atoms with van der Waals surface area (Å²) in [6.07, 6.45) is 1.86. The third kappa shape index (κ3) is 26.6. The second-order valence-electron chi connectivity index (χ2n) is 19.4. The van der Waals surface area contributed by atoms with Gasteiger partial charge >= 0.3 is 5.97 Å². The first-order chi connectivity index (χ1) is 37.4. The van der Waals surface area contributed by atoms with Crippen molar-refractivity contribution in [1.29, 1.82) is 0 Å². The van der Waals surface area contributed by atoms with Crippen LogP contribution in [0.4, 0.5) is 0 Å². The number of carbonyl (C=O) groups excluding carboxylic acids is 7. The van der Waals surface area contributed by atoms with Crippen LogP contribution in [-0.2, 0) is 38.2 Å². The summed E-state index contributed by atoms with van der Waals surface area (Å²) in [6, 6.07) is 20.0. The Morgan fingerprint density at radius 2 is 0.782 bits per heavy atom. The van der Waals surface area contributed by atoms with E-state index in [-0.39, 0.29) is 120 Å². The Kier molecular flexibility index (Phi) is 29.9. The van der Waals surface area contributed by atoms with Crippen LogP contribution in [0.3, 0.4) is 0 Å². The van der Waals surface area contributed by atoms with E-state index in [1.54, 1.807) is 79.7 Å². The molecule has 0 heterocycles. The average Bonchev–Trinajstić information content (AvgIpc) is 3.43. The highest BCUT2D eigenvalue weighted by Gasteiger charge is 2.36. The van der Waals surface area contributed by atoms with Gasteiger partial charge in [0.05, 0.1) is 61.0 Å². The smallest absolute Gasteiger partial charge is 0.303 e. The van der Waals surface area contributed by atoms with Crippen molar-refractivity contribution in [3.8, 4) is 17.2 Å². The lowest BCUT2D eigenvalue weighted by Gasteiger charge is -2.36. The predicted molar refractivity (Wildman–Crippen MR) is 290 cm³/mol. The zero-order valence-electron chi connectivity index (χ0n) is 46.0. The summed E-state index contributed by atoms with van der Waals surface area (Å²) in [7, 11) is 4.62. The highest BCUT2D eigenvalue weighted by molar-refractivity contribution is 5.95. The zero-order valence-corrected chi connectivity index (χ0v) is 46.0. The molecule has 0 aliphatic rings. The summed E-state index contributed by atoms with van der Waals surface area (Å²) in [5.74, 6) is -1.79. The van der Waals surface area contributed by atoms with Gasteiger partial charge in [0.25, 0.3) is 17.7 Å². The minimum atomic E-state index is -1.40. The molecule has 0 fully saturated rings. The van der Waals surface area contributed by atoms with Gasteiger partial charge < -0.3 is 70.7 Å². The molecular weight excluding hydrogens is 1010 g/mol. The van der Waals surface area contributed by atoms with Crippen molar-refractivity contribution in [1.82, 2.24) is 37.2 Å². The van der Waals surface area contributed by atoms with E-state index >= 15 is 0 Å². The highest BCUT2D eigenvalue weighted by Crippen LogP contribution is 2.31. The highest BCUT2D eigenvalue weighted by atomic mass is 16.5. The quantitative estimate of drug-likeness (QED) is 0.0376. The van der Waals surface area contributed by atoms with E-state index in [1.807, 2.05) is 13.8 Å². The van der Waals surface area contributed by atoms with Crippen LogP contribution in [0.2, 0.25) is 0 Å². The topological polar surface area (TPSA) is 296 Å². The number of hydrogen-bond donors (Lipinski definition) is 8. The van der Waals surface area contributed by atoms with Crippen molar-refractivity contribution >= 4 is 47.3 Å². The Balaban J connectivity index is 1.61. The predicted octanol–water partition coefficient (Wildman–Crippen LogP) is 3.81. The van der Waals surface area contributed by atoms with Crippen molar-refractivity contribution in [2.75, 3.05) is 100 Å². The summed E-state index contributed by atoms with van der Waals surface area (Å²) in [4.78, 5) is 102. The Hall–Kier alpha value is -7.30. The minimum absolute atomic E-state index is 0.0468. The molecule has 22 heteroatoms. The molecule has 0 saturated carbocycles. The van der Waals surface area contributed by atoms with Crippen molar-refractivity contribution in [2.24, 2.45) is 11.3 Å². The molecule has 1 atom stereocenters. The molecule has 0 aliphatic heterocycles. The van der Waals surface area contributed by atoms with Crippen LogP contribution < -0.4 is 51.4 Å². The molecule has 0 aromatic heterocycles. The number of rotatable bonds is 40. The SMILES string of the molecule is COc1ccc(C(=O)NCCCNC(=O)CCOCC(COCCC(=O)NCCCNC(=O)c2ccc(OC)cc2)(COCCC(=O)NCCCNC(=O)c2ccc(OC)cc2)NC(=O)C(C)CC(C)(C)CCC(=O)O)cc1. The number of ether oxygens (including phenoxy) is 6. The van der Waals surface area contributed by atoms with Crippen LogP contribution in [0.15, 0.2) is 72.8 Å². The van der Waals surface area contributed by atoms with Crippen LogP contribution in [0.5, 0.6) is 17.2 Å². The van der Waals surface area contributed by atoms with Crippen molar-refractivity contribution in [3.63, 3.8) is 0 Å². The van der Waals surface area contributed by atoms with Gasteiger partial charge in [-0.1, -0.05) is 20.8 Å². The van der Waals surface area contributed by atoms with E-state index in [9.17, 15) is 43.5 Å². The number of benzene rings is 3. The zero-order chi connectivity index (χ0) is 57.2. The third-order valence-corrected chi connectivity index (χ3v) is 12.2. The molecule has 0 saturated heterocycles. The van der Waals surface area contributed by atoms with E-state index in [1.165, 1.54) is 21.3 Å². The summed E-state index contributed by atoms with van der Waals surface area (Å²) in [6.45, 7) is 6.49. The largest absolute Gasteiger partial charge is 0.497 e. The Labute approximate surface area is 457 Å². The van der Waals surface area contributed by atoms with E-state index in [4.69, 9.17) is 28.4 Å². The molecular formula is C56H81N7O15. The molecule has 3 aromatic rings. The van der Waals surface area contributed by atoms with Crippen LogP contribution in [0.1, 0.15) is 110 Å². The van der Waals surface area contributed by atoms with E-state index in [2.05, 4.69) is 37.2 Å². The number of amides is 7. The maximum absolute atomic E-state index is 14.1. The molecule has 3 rings (SSSR count). The maximum atomic E-state index is 14.1. The number of hydrogen-bond acceptors (Lipinski definition) is 14. The second-order valence-corrected chi connectivity index (χ2v) is 19.4. The minimum Gasteiger partial charge on any atom is -0.497 e. The van der Waals surface area contributed by atoms with E-state index in [0.29, 0.717) is 85.7 Å². The molecule has 22 nitrogen and oxygen atoms in total. The van der Waals surface area contributed by atoms with E-state index < -0.39 is 28.7 Å². The number of nitrogens with one attached hydrogen (secondary N) is 7. The Morgan fingerprint density at radius 3 is 1.08 bits per heavy atom. The molecule has 3 aromatic carbocycles. The number of carboxylic acid groups (broad SMARTS) is 1. The summed E-state index contributed by atoms with van der Waals surface area (Å²) in [5, 5.41) is 29.3. The molecule has 7 amide bonds. The van der Waals surface area contributed by atoms with Gasteiger partial charge in [0.2, 0.25) is 23.6 Å². The fourth-order valence-electron chi connectivity index (χ4n) is 7.74. The van der Waals surface area contributed by atoms with Gasteiger partial charge in [0.15, 0.2) is 0 Å². The van der Waals surface area contributed by atoms with Crippen molar-refractivity contribution in [3.05, 3.63) is 89.5 Å². The van der Waals surface area contributed by atoms with Crippen LogP contribution in [0.25, 0.3) is 0 Å². The monoisotopic (exact) mass is 1090 g/mol. The summed E-state index contributed by atoms with van der Waals surface area (Å²) >= 11 is 0. The lowest BCUT2D eigenvalue weighted by Crippen LogP contribution is -2.60. The fourth-order valence-corrected chi connectivity index (χ4v) is 7.74. The van der Waals surface area contributed by atoms with Gasteiger partial charge in [-0.25, -0.2) is 0 Å². The first kappa shape index (κ1) is 65.0. The standard InChI is InChI=1S/C56H81N7O15/c1-40(36-55(2,3)26-22-50(67)68)51(69)63-56(37-76-33-23-47(64)57-27-7-30-60-52(70)41-10-16-44(73-4)17-11-41,38-77-34-24-48(65)58-28-8-31-61-53(71)42-12-18-45(74-5)19-13-42)39-78-35-25-49(66)59-29-9-32-62-54(72)43-14-20-46(75-6)21-15-43/h10-21,40H,7-9,22-39H2,1-6H3,(H,57,64)(H,58,65)(H,59,66)(H,60,70)(H,61,71)(H,62,72)(H,63,69)(H,67,68). The molecule has 0 spiro atoms.